The van der Waals surface area contributed by atoms with Gasteiger partial charge in [0.2, 0.25) is 0 Å². The van der Waals surface area contributed by atoms with Crippen molar-refractivity contribution in [3.63, 3.8) is 0 Å². The predicted molar refractivity (Wildman–Crippen MR) is 89.8 cm³/mol. The van der Waals surface area contributed by atoms with E-state index in [1.165, 1.54) is 44.9 Å². The van der Waals surface area contributed by atoms with Crippen LogP contribution in [0.2, 0.25) is 0 Å². The van der Waals surface area contributed by atoms with Crippen LogP contribution < -0.4 is 0 Å². The molecule has 0 bridgehead atoms. The Morgan fingerprint density at radius 3 is 2.14 bits per heavy atom. The van der Waals surface area contributed by atoms with Crippen LogP contribution in [0.4, 0.5) is 0 Å². The molecule has 0 aromatic carbocycles. The molecular weight excluding hydrogens is 278 g/mol. The summed E-state index contributed by atoms with van der Waals surface area (Å²) in [5.41, 5.74) is 0. The number of hydrogen-bond acceptors (Lipinski definition) is 4. The van der Waals surface area contributed by atoms with Gasteiger partial charge in [0.15, 0.2) is 6.23 Å². The van der Waals surface area contributed by atoms with Gasteiger partial charge in [0.25, 0.3) is 0 Å². The van der Waals surface area contributed by atoms with Gasteiger partial charge in [0.05, 0.1) is 13.2 Å². The quantitative estimate of drug-likeness (QED) is 0.401. The lowest BCUT2D eigenvalue weighted by atomic mass is 10.1. The Morgan fingerprint density at radius 1 is 1.00 bits per heavy atom. The van der Waals surface area contributed by atoms with Gasteiger partial charge in [-0.15, -0.1) is 0 Å². The van der Waals surface area contributed by atoms with E-state index in [2.05, 4.69) is 11.8 Å². The third-order valence-electron chi connectivity index (χ3n) is 4.35. The topological polar surface area (TPSA) is 38.8 Å². The average molecular weight is 313 g/mol. The number of carbonyl (C=O) groups excluding carboxylic acids is 1. The van der Waals surface area contributed by atoms with Gasteiger partial charge >= 0.3 is 5.97 Å². The molecule has 0 aliphatic carbocycles. The highest BCUT2D eigenvalue weighted by molar-refractivity contribution is 5.69. The highest BCUT2D eigenvalue weighted by Gasteiger charge is 2.19. The molecule has 130 valence electrons. The van der Waals surface area contributed by atoms with Crippen LogP contribution in [0.15, 0.2) is 0 Å². The average Bonchev–Trinajstić information content (AvgIpc) is 2.54. The van der Waals surface area contributed by atoms with Gasteiger partial charge in [0.1, 0.15) is 0 Å². The number of rotatable bonds is 12. The summed E-state index contributed by atoms with van der Waals surface area (Å²) in [4.78, 5) is 14.0. The Labute approximate surface area is 136 Å². The summed E-state index contributed by atoms with van der Waals surface area (Å²) in [6, 6.07) is 0. The van der Waals surface area contributed by atoms with E-state index in [1.807, 2.05) is 6.92 Å². The van der Waals surface area contributed by atoms with Crippen molar-refractivity contribution < 1.29 is 14.3 Å². The maximum Gasteiger partial charge on any atom is 0.307 e. The summed E-state index contributed by atoms with van der Waals surface area (Å²) >= 11 is 0. The van der Waals surface area contributed by atoms with Crippen molar-refractivity contribution in [3.8, 4) is 0 Å². The lowest BCUT2D eigenvalue weighted by molar-refractivity contribution is -0.161. The molecule has 0 aromatic heterocycles. The number of ether oxygens (including phenoxy) is 2. The minimum Gasteiger partial charge on any atom is -0.447 e. The minimum absolute atomic E-state index is 0.0538. The second-order valence-corrected chi connectivity index (χ2v) is 6.32. The molecule has 4 heteroatoms. The molecular formula is C18H35NO3. The van der Waals surface area contributed by atoms with Gasteiger partial charge in [-0.2, -0.15) is 0 Å². The third-order valence-corrected chi connectivity index (χ3v) is 4.35. The molecule has 1 aliphatic rings. The summed E-state index contributed by atoms with van der Waals surface area (Å²) in [7, 11) is 0. The molecule has 1 fully saturated rings. The number of carbonyl (C=O) groups is 1. The van der Waals surface area contributed by atoms with Crippen LogP contribution >= 0.6 is 0 Å². The van der Waals surface area contributed by atoms with E-state index in [9.17, 15) is 4.79 Å². The second-order valence-electron chi connectivity index (χ2n) is 6.32. The molecule has 0 N–H and O–H groups in total. The Morgan fingerprint density at radius 2 is 1.55 bits per heavy atom. The zero-order valence-corrected chi connectivity index (χ0v) is 14.6. The first-order valence-electron chi connectivity index (χ1n) is 9.25. The Balaban J connectivity index is 1.92. The molecule has 1 rings (SSSR count). The van der Waals surface area contributed by atoms with Gasteiger partial charge in [-0.3, -0.25) is 9.69 Å². The van der Waals surface area contributed by atoms with Crippen molar-refractivity contribution >= 4 is 5.97 Å². The smallest absolute Gasteiger partial charge is 0.307 e. The largest absolute Gasteiger partial charge is 0.447 e. The zero-order chi connectivity index (χ0) is 16.0. The lowest BCUT2D eigenvalue weighted by Gasteiger charge is -2.31. The summed E-state index contributed by atoms with van der Waals surface area (Å²) < 4.78 is 10.8. The fourth-order valence-electron chi connectivity index (χ4n) is 2.84. The standard InChI is InChI=1S/C18H35NO3/c1-3-4-5-6-7-8-9-10-11-12-18(20)22-17(2)19-13-15-21-16-14-19/h17H,3-16H2,1-2H3. The molecule has 1 atom stereocenters. The normalized spacial score (nSPS) is 17.4. The van der Waals surface area contributed by atoms with Crippen LogP contribution in [0.3, 0.4) is 0 Å². The minimum atomic E-state index is -0.116. The number of unbranched alkanes of at least 4 members (excludes halogenated alkanes) is 8. The first-order chi connectivity index (χ1) is 10.7. The number of nitrogens with zero attached hydrogens (tertiary/aromatic N) is 1. The van der Waals surface area contributed by atoms with Gasteiger partial charge in [-0.25, -0.2) is 0 Å². The molecule has 1 heterocycles. The van der Waals surface area contributed by atoms with E-state index in [0.29, 0.717) is 6.42 Å². The molecule has 1 aliphatic heterocycles. The summed E-state index contributed by atoms with van der Waals surface area (Å²) in [5, 5.41) is 0. The second kappa shape index (κ2) is 12.9. The van der Waals surface area contributed by atoms with Crippen molar-refractivity contribution in [3.05, 3.63) is 0 Å². The number of esters is 1. The molecule has 0 spiro atoms. The lowest BCUT2D eigenvalue weighted by Crippen LogP contribution is -2.44. The van der Waals surface area contributed by atoms with Crippen LogP contribution in [0.1, 0.15) is 78.1 Å². The highest BCUT2D eigenvalue weighted by atomic mass is 16.6. The molecule has 1 unspecified atom stereocenters. The molecule has 0 saturated carbocycles. The molecule has 0 aromatic rings. The highest BCUT2D eigenvalue weighted by Crippen LogP contribution is 2.12. The maximum atomic E-state index is 11.8. The number of hydrogen-bond donors (Lipinski definition) is 0. The molecule has 0 amide bonds. The number of morpholine rings is 1. The Hall–Kier alpha value is -0.610. The molecule has 22 heavy (non-hydrogen) atoms. The Bertz CT molecular complexity index is 278. The fraction of sp³-hybridized carbons (Fsp3) is 0.944. The van der Waals surface area contributed by atoms with Crippen LogP contribution in [-0.4, -0.2) is 43.4 Å². The van der Waals surface area contributed by atoms with E-state index in [0.717, 1.165) is 39.1 Å². The Kier molecular flexibility index (Phi) is 11.4. The van der Waals surface area contributed by atoms with Crippen LogP contribution in [-0.2, 0) is 14.3 Å². The van der Waals surface area contributed by atoms with Gasteiger partial charge in [-0.1, -0.05) is 58.3 Å². The van der Waals surface area contributed by atoms with Gasteiger partial charge in [0, 0.05) is 19.5 Å². The molecule has 0 radical (unpaired) electrons. The van der Waals surface area contributed by atoms with E-state index in [4.69, 9.17) is 9.47 Å². The summed E-state index contributed by atoms with van der Waals surface area (Å²) in [6.45, 7) is 7.39. The first-order valence-corrected chi connectivity index (χ1v) is 9.25. The van der Waals surface area contributed by atoms with Crippen molar-refractivity contribution in [1.29, 1.82) is 0 Å². The predicted octanol–water partition coefficient (Wildman–Crippen LogP) is 4.13. The van der Waals surface area contributed by atoms with Crippen molar-refractivity contribution in [2.45, 2.75) is 84.3 Å². The van der Waals surface area contributed by atoms with E-state index < -0.39 is 0 Å². The third kappa shape index (κ3) is 9.42. The fourth-order valence-corrected chi connectivity index (χ4v) is 2.84. The van der Waals surface area contributed by atoms with Gasteiger partial charge in [-0.05, 0) is 13.3 Å². The molecule has 4 nitrogen and oxygen atoms in total. The van der Waals surface area contributed by atoms with Crippen LogP contribution in [0.5, 0.6) is 0 Å². The zero-order valence-electron chi connectivity index (χ0n) is 14.6. The maximum absolute atomic E-state index is 11.8. The first kappa shape index (κ1) is 19.4. The van der Waals surface area contributed by atoms with E-state index >= 15 is 0 Å². The summed E-state index contributed by atoms with van der Waals surface area (Å²) in [6.07, 6.45) is 11.9. The van der Waals surface area contributed by atoms with Crippen molar-refractivity contribution in [2.24, 2.45) is 0 Å². The van der Waals surface area contributed by atoms with E-state index in [-0.39, 0.29) is 12.2 Å². The van der Waals surface area contributed by atoms with Gasteiger partial charge < -0.3 is 9.47 Å². The SMILES string of the molecule is CCCCCCCCCCCC(=O)OC(C)N1CCOCC1. The molecule has 1 saturated heterocycles. The van der Waals surface area contributed by atoms with Crippen LogP contribution in [0.25, 0.3) is 0 Å². The van der Waals surface area contributed by atoms with Crippen molar-refractivity contribution in [1.82, 2.24) is 4.90 Å². The summed E-state index contributed by atoms with van der Waals surface area (Å²) in [5.74, 6) is -0.0538. The van der Waals surface area contributed by atoms with Crippen molar-refractivity contribution in [2.75, 3.05) is 26.3 Å². The van der Waals surface area contributed by atoms with E-state index in [1.54, 1.807) is 0 Å². The monoisotopic (exact) mass is 313 g/mol. The van der Waals surface area contributed by atoms with Crippen LogP contribution in [0, 0.1) is 0 Å².